The van der Waals surface area contributed by atoms with Gasteiger partial charge < -0.3 is 14.5 Å². The minimum atomic E-state index is -4.11. The fraction of sp³-hybridized carbons (Fsp3) is 0.800. The highest BCUT2D eigenvalue weighted by Gasteiger charge is 2.13. The molecule has 0 aliphatic heterocycles. The number of halogens is 1. The number of nitrogens with one attached hydrogen (secondary N) is 1. The number of ether oxygens (including phenoxy) is 1. The summed E-state index contributed by atoms with van der Waals surface area (Å²) in [5, 5.41) is 2.23. The molecule has 0 saturated heterocycles. The lowest BCUT2D eigenvalue weighted by Gasteiger charge is -2.07. The molecule has 8 heteroatoms. The molecule has 6 nitrogen and oxygen atoms in total. The Bertz CT molecular complexity index is 215. The quantitative estimate of drug-likeness (QED) is 0.346. The average molecular weight is 232 g/mol. The third-order valence-electron chi connectivity index (χ3n) is 0.881. The lowest BCUT2D eigenvalue weighted by molar-refractivity contribution is -0.143. The van der Waals surface area contributed by atoms with Crippen molar-refractivity contribution in [3.05, 3.63) is 0 Å². The van der Waals surface area contributed by atoms with Crippen LogP contribution < -0.4 is 5.32 Å². The minimum Gasteiger partial charge on any atom is -0.445 e. The van der Waals surface area contributed by atoms with E-state index in [-0.39, 0.29) is 6.54 Å². The summed E-state index contributed by atoms with van der Waals surface area (Å²) in [6.07, 6.45) is -0.557. The molecule has 0 bridgehead atoms. The van der Waals surface area contributed by atoms with Gasteiger partial charge >= 0.3 is 13.6 Å². The number of rotatable bonds is 5. The SMILES string of the molecule is CC(Cl)OC(=O)CNCP(=O)(O)O. The molecule has 0 spiro atoms. The molecule has 13 heavy (non-hydrogen) atoms. The van der Waals surface area contributed by atoms with Gasteiger partial charge in [0.05, 0.1) is 12.8 Å². The van der Waals surface area contributed by atoms with E-state index >= 15 is 0 Å². The summed E-state index contributed by atoms with van der Waals surface area (Å²) in [7, 11) is -4.11. The lowest BCUT2D eigenvalue weighted by atomic mass is 10.6. The number of hydrogen-bond acceptors (Lipinski definition) is 4. The zero-order valence-electron chi connectivity index (χ0n) is 6.94. The smallest absolute Gasteiger partial charge is 0.339 e. The number of alkyl halides is 1. The molecule has 0 aromatic carbocycles. The molecule has 1 atom stereocenters. The first-order valence-electron chi connectivity index (χ1n) is 3.40. The van der Waals surface area contributed by atoms with Crippen molar-refractivity contribution in [3.63, 3.8) is 0 Å². The minimum absolute atomic E-state index is 0.276. The van der Waals surface area contributed by atoms with Gasteiger partial charge in [0.2, 0.25) is 0 Å². The van der Waals surface area contributed by atoms with Crippen LogP contribution in [0.3, 0.4) is 0 Å². The fourth-order valence-electron chi connectivity index (χ4n) is 0.526. The van der Waals surface area contributed by atoms with Crippen molar-refractivity contribution in [1.82, 2.24) is 5.32 Å². The van der Waals surface area contributed by atoms with Crippen molar-refractivity contribution in [2.45, 2.75) is 12.5 Å². The van der Waals surface area contributed by atoms with Crippen molar-refractivity contribution >= 4 is 25.2 Å². The van der Waals surface area contributed by atoms with Gasteiger partial charge in [0.15, 0.2) is 5.56 Å². The van der Waals surface area contributed by atoms with Crippen LogP contribution in [0.5, 0.6) is 0 Å². The molecule has 78 valence electrons. The lowest BCUT2D eigenvalue weighted by Crippen LogP contribution is -2.26. The molecule has 0 aromatic heterocycles. The summed E-state index contributed by atoms with van der Waals surface area (Å²) in [6, 6.07) is 0. The molecular weight excluding hydrogens is 220 g/mol. The molecule has 0 aromatic rings. The van der Waals surface area contributed by atoms with E-state index in [2.05, 4.69) is 10.1 Å². The molecule has 0 amide bonds. The molecular formula is C5H11ClNO5P. The van der Waals surface area contributed by atoms with Crippen LogP contribution in [0.15, 0.2) is 0 Å². The van der Waals surface area contributed by atoms with E-state index in [1.807, 2.05) is 0 Å². The first kappa shape index (κ1) is 12.9. The Hall–Kier alpha value is -0.130. The number of esters is 1. The van der Waals surface area contributed by atoms with Crippen LogP contribution in [0.25, 0.3) is 0 Å². The second-order valence-corrected chi connectivity index (χ2v) is 4.54. The van der Waals surface area contributed by atoms with Gasteiger partial charge in [-0.2, -0.15) is 0 Å². The monoisotopic (exact) mass is 231 g/mol. The van der Waals surface area contributed by atoms with Gasteiger partial charge in [-0.15, -0.1) is 0 Å². The highest BCUT2D eigenvalue weighted by molar-refractivity contribution is 7.51. The van der Waals surface area contributed by atoms with E-state index in [1.54, 1.807) is 0 Å². The van der Waals surface area contributed by atoms with Crippen molar-refractivity contribution < 1.29 is 23.9 Å². The van der Waals surface area contributed by atoms with Crippen LogP contribution in [-0.2, 0) is 14.1 Å². The van der Waals surface area contributed by atoms with Crippen LogP contribution in [0, 0.1) is 0 Å². The average Bonchev–Trinajstić information content (AvgIpc) is 1.81. The van der Waals surface area contributed by atoms with Gasteiger partial charge in [-0.1, -0.05) is 11.6 Å². The van der Waals surface area contributed by atoms with Crippen molar-refractivity contribution in [1.29, 1.82) is 0 Å². The predicted molar refractivity (Wildman–Crippen MR) is 46.3 cm³/mol. The second-order valence-electron chi connectivity index (χ2n) is 2.28. The number of carbonyl (C=O) groups excluding carboxylic acids is 1. The van der Waals surface area contributed by atoms with Crippen LogP contribution in [0.1, 0.15) is 6.92 Å². The fourth-order valence-corrected chi connectivity index (χ4v) is 1.03. The zero-order valence-corrected chi connectivity index (χ0v) is 8.59. The van der Waals surface area contributed by atoms with E-state index in [0.717, 1.165) is 0 Å². The van der Waals surface area contributed by atoms with Gasteiger partial charge in [-0.3, -0.25) is 14.7 Å². The van der Waals surface area contributed by atoms with E-state index in [9.17, 15) is 9.36 Å². The molecule has 0 fully saturated rings. The first-order valence-corrected chi connectivity index (χ1v) is 5.63. The summed E-state index contributed by atoms with van der Waals surface area (Å²) < 4.78 is 14.8. The van der Waals surface area contributed by atoms with Gasteiger partial charge in [-0.25, -0.2) is 0 Å². The Labute approximate surface area is 80.4 Å². The van der Waals surface area contributed by atoms with Crippen molar-refractivity contribution in [3.8, 4) is 0 Å². The maximum absolute atomic E-state index is 10.7. The highest BCUT2D eigenvalue weighted by Crippen LogP contribution is 2.31. The number of carbonyl (C=O) groups is 1. The molecule has 0 aliphatic rings. The standard InChI is InChI=1S/C5H11ClNO5P/c1-4(6)12-5(8)2-7-3-13(9,10)11/h4,7H,2-3H2,1H3,(H2,9,10,11). The Morgan fingerprint density at radius 1 is 1.69 bits per heavy atom. The number of hydrogen-bond donors (Lipinski definition) is 3. The highest BCUT2D eigenvalue weighted by atomic mass is 35.5. The van der Waals surface area contributed by atoms with E-state index in [0.29, 0.717) is 0 Å². The van der Waals surface area contributed by atoms with E-state index in [4.69, 9.17) is 21.4 Å². The molecule has 0 rings (SSSR count). The molecule has 0 aliphatic carbocycles. The van der Waals surface area contributed by atoms with Crippen molar-refractivity contribution in [2.75, 3.05) is 12.8 Å². The molecule has 0 radical (unpaired) electrons. The summed E-state index contributed by atoms with van der Waals surface area (Å²) in [4.78, 5) is 27.5. The molecule has 0 saturated carbocycles. The second kappa shape index (κ2) is 5.57. The summed E-state index contributed by atoms with van der Waals surface area (Å²) >= 11 is 5.32. The summed E-state index contributed by atoms with van der Waals surface area (Å²) in [6.45, 7) is 1.19. The Kier molecular flexibility index (Phi) is 5.51. The summed E-state index contributed by atoms with van der Waals surface area (Å²) in [5.74, 6) is -0.657. The molecule has 0 heterocycles. The van der Waals surface area contributed by atoms with Crippen LogP contribution in [0.2, 0.25) is 0 Å². The first-order chi connectivity index (χ1) is 5.81. The van der Waals surface area contributed by atoms with E-state index < -0.39 is 25.4 Å². The van der Waals surface area contributed by atoms with Gasteiger partial charge in [0.1, 0.15) is 0 Å². The normalized spacial score (nSPS) is 13.8. The van der Waals surface area contributed by atoms with Crippen LogP contribution >= 0.6 is 19.2 Å². The van der Waals surface area contributed by atoms with Gasteiger partial charge in [0.25, 0.3) is 0 Å². The van der Waals surface area contributed by atoms with Crippen molar-refractivity contribution in [2.24, 2.45) is 0 Å². The predicted octanol–water partition coefficient (Wildman–Crippen LogP) is -0.161. The maximum Gasteiger partial charge on any atom is 0.339 e. The molecule has 3 N–H and O–H groups in total. The Balaban J connectivity index is 3.55. The topological polar surface area (TPSA) is 95.9 Å². The third-order valence-corrected chi connectivity index (χ3v) is 1.61. The Morgan fingerprint density at radius 2 is 2.23 bits per heavy atom. The third kappa shape index (κ3) is 9.79. The Morgan fingerprint density at radius 3 is 2.62 bits per heavy atom. The van der Waals surface area contributed by atoms with Gasteiger partial charge in [0, 0.05) is 0 Å². The maximum atomic E-state index is 10.7. The van der Waals surface area contributed by atoms with Gasteiger partial charge in [-0.05, 0) is 6.92 Å². The van der Waals surface area contributed by atoms with Crippen LogP contribution in [-0.4, -0.2) is 34.1 Å². The molecule has 1 unspecified atom stereocenters. The summed E-state index contributed by atoms with van der Waals surface area (Å²) in [5.41, 5.74) is -0.746. The van der Waals surface area contributed by atoms with Crippen LogP contribution in [0.4, 0.5) is 0 Å². The van der Waals surface area contributed by atoms with E-state index in [1.165, 1.54) is 6.92 Å². The largest absolute Gasteiger partial charge is 0.445 e. The zero-order chi connectivity index (χ0) is 10.5.